The summed E-state index contributed by atoms with van der Waals surface area (Å²) in [5.41, 5.74) is 2.84. The van der Waals surface area contributed by atoms with E-state index in [9.17, 15) is 0 Å². The SMILES string of the molecule is COc1ccc(-c2ccnc3[nH]ncc23)cn1. The van der Waals surface area contributed by atoms with Crippen molar-refractivity contribution in [1.82, 2.24) is 20.2 Å². The van der Waals surface area contributed by atoms with Crippen LogP contribution in [0.3, 0.4) is 0 Å². The highest BCUT2D eigenvalue weighted by Crippen LogP contribution is 2.26. The van der Waals surface area contributed by atoms with Gasteiger partial charge in [0, 0.05) is 29.4 Å². The Labute approximate surface area is 97.5 Å². The molecule has 0 amide bonds. The Morgan fingerprint density at radius 3 is 2.82 bits per heavy atom. The number of fused-ring (bicyclic) bond motifs is 1. The molecule has 84 valence electrons. The molecule has 1 N–H and O–H groups in total. The van der Waals surface area contributed by atoms with E-state index in [2.05, 4.69) is 20.2 Å². The fourth-order valence-electron chi connectivity index (χ4n) is 1.76. The van der Waals surface area contributed by atoms with Crippen LogP contribution in [0, 0.1) is 0 Å². The van der Waals surface area contributed by atoms with Gasteiger partial charge in [-0.1, -0.05) is 0 Å². The third-order valence-corrected chi connectivity index (χ3v) is 2.61. The first-order chi connectivity index (χ1) is 8.38. The Kier molecular flexibility index (Phi) is 2.22. The van der Waals surface area contributed by atoms with Gasteiger partial charge in [0.05, 0.1) is 13.3 Å². The van der Waals surface area contributed by atoms with Gasteiger partial charge in [-0.25, -0.2) is 9.97 Å². The fourth-order valence-corrected chi connectivity index (χ4v) is 1.76. The molecule has 0 aromatic carbocycles. The molecule has 0 saturated carbocycles. The molecule has 17 heavy (non-hydrogen) atoms. The van der Waals surface area contributed by atoms with E-state index in [0.29, 0.717) is 5.88 Å². The Balaban J connectivity index is 2.16. The monoisotopic (exact) mass is 226 g/mol. The second-order valence-electron chi connectivity index (χ2n) is 3.58. The van der Waals surface area contributed by atoms with Crippen LogP contribution in [-0.2, 0) is 0 Å². The number of H-pyrrole nitrogens is 1. The van der Waals surface area contributed by atoms with E-state index in [-0.39, 0.29) is 0 Å². The van der Waals surface area contributed by atoms with Crippen LogP contribution in [0.4, 0.5) is 0 Å². The molecule has 3 aromatic heterocycles. The van der Waals surface area contributed by atoms with Crippen molar-refractivity contribution in [3.8, 4) is 17.0 Å². The summed E-state index contributed by atoms with van der Waals surface area (Å²) in [6, 6.07) is 5.75. The summed E-state index contributed by atoms with van der Waals surface area (Å²) in [5.74, 6) is 0.603. The summed E-state index contributed by atoms with van der Waals surface area (Å²) >= 11 is 0. The lowest BCUT2D eigenvalue weighted by Crippen LogP contribution is -1.88. The number of methoxy groups -OCH3 is 1. The molecule has 0 aliphatic rings. The molecule has 5 heteroatoms. The van der Waals surface area contributed by atoms with Gasteiger partial charge in [0.15, 0.2) is 5.65 Å². The lowest BCUT2D eigenvalue weighted by atomic mass is 10.1. The summed E-state index contributed by atoms with van der Waals surface area (Å²) in [6.07, 6.45) is 5.29. The second-order valence-corrected chi connectivity index (χ2v) is 3.58. The van der Waals surface area contributed by atoms with Gasteiger partial charge in [-0.2, -0.15) is 5.10 Å². The minimum absolute atomic E-state index is 0.603. The van der Waals surface area contributed by atoms with Crippen molar-refractivity contribution in [3.05, 3.63) is 36.8 Å². The summed E-state index contributed by atoms with van der Waals surface area (Å²) in [7, 11) is 1.60. The number of nitrogens with one attached hydrogen (secondary N) is 1. The van der Waals surface area contributed by atoms with Crippen molar-refractivity contribution >= 4 is 11.0 Å². The molecular formula is C12H10N4O. The van der Waals surface area contributed by atoms with Gasteiger partial charge in [-0.15, -0.1) is 0 Å². The molecule has 0 fully saturated rings. The number of ether oxygens (including phenoxy) is 1. The maximum atomic E-state index is 5.04. The van der Waals surface area contributed by atoms with Crippen molar-refractivity contribution in [2.24, 2.45) is 0 Å². The standard InChI is InChI=1S/C12H10N4O/c1-17-11-3-2-8(6-14-11)9-4-5-13-12-10(9)7-15-16-12/h2-7H,1H3,(H,13,15,16). The first kappa shape index (κ1) is 9.77. The summed E-state index contributed by atoms with van der Waals surface area (Å²) in [5, 5.41) is 7.82. The molecule has 0 aliphatic heterocycles. The van der Waals surface area contributed by atoms with E-state index in [1.54, 1.807) is 25.7 Å². The number of hydrogen-bond acceptors (Lipinski definition) is 4. The zero-order valence-corrected chi connectivity index (χ0v) is 9.21. The predicted molar refractivity (Wildman–Crippen MR) is 63.7 cm³/mol. The van der Waals surface area contributed by atoms with Crippen molar-refractivity contribution in [2.45, 2.75) is 0 Å². The third kappa shape index (κ3) is 1.61. The maximum absolute atomic E-state index is 5.04. The highest BCUT2D eigenvalue weighted by atomic mass is 16.5. The average Bonchev–Trinajstić information content (AvgIpc) is 2.87. The highest BCUT2D eigenvalue weighted by Gasteiger charge is 2.06. The van der Waals surface area contributed by atoms with Crippen molar-refractivity contribution < 1.29 is 4.74 Å². The lowest BCUT2D eigenvalue weighted by Gasteiger charge is -2.03. The van der Waals surface area contributed by atoms with Crippen LogP contribution in [-0.4, -0.2) is 27.3 Å². The predicted octanol–water partition coefficient (Wildman–Crippen LogP) is 2.03. The van der Waals surface area contributed by atoms with Crippen molar-refractivity contribution in [2.75, 3.05) is 7.11 Å². The van der Waals surface area contributed by atoms with Crippen molar-refractivity contribution in [3.63, 3.8) is 0 Å². The van der Waals surface area contributed by atoms with Gasteiger partial charge in [0.2, 0.25) is 5.88 Å². The minimum atomic E-state index is 0.603. The lowest BCUT2D eigenvalue weighted by molar-refractivity contribution is 0.398. The first-order valence-corrected chi connectivity index (χ1v) is 5.17. The van der Waals surface area contributed by atoms with Crippen molar-refractivity contribution in [1.29, 1.82) is 0 Å². The minimum Gasteiger partial charge on any atom is -0.481 e. The number of hydrogen-bond donors (Lipinski definition) is 1. The molecule has 0 atom stereocenters. The molecular weight excluding hydrogens is 216 g/mol. The molecule has 0 bridgehead atoms. The summed E-state index contributed by atoms with van der Waals surface area (Å²) in [4.78, 5) is 8.39. The van der Waals surface area contributed by atoms with E-state index >= 15 is 0 Å². The molecule has 0 aliphatic carbocycles. The molecule has 3 aromatic rings. The molecule has 0 spiro atoms. The van der Waals surface area contributed by atoms with Crippen LogP contribution >= 0.6 is 0 Å². The number of rotatable bonds is 2. The van der Waals surface area contributed by atoms with E-state index in [4.69, 9.17) is 4.74 Å². The quantitative estimate of drug-likeness (QED) is 0.726. The van der Waals surface area contributed by atoms with Gasteiger partial charge < -0.3 is 4.74 Å². The Morgan fingerprint density at radius 1 is 1.12 bits per heavy atom. The smallest absolute Gasteiger partial charge is 0.212 e. The normalized spacial score (nSPS) is 10.6. The van der Waals surface area contributed by atoms with Gasteiger partial charge in [0.25, 0.3) is 0 Å². The van der Waals surface area contributed by atoms with E-state index < -0.39 is 0 Å². The Bertz CT molecular complexity index is 645. The zero-order chi connectivity index (χ0) is 11.7. The number of pyridine rings is 2. The summed E-state index contributed by atoms with van der Waals surface area (Å²) in [6.45, 7) is 0. The molecule has 0 unspecified atom stereocenters. The first-order valence-electron chi connectivity index (χ1n) is 5.17. The largest absolute Gasteiger partial charge is 0.481 e. The van der Waals surface area contributed by atoms with Crippen LogP contribution in [0.15, 0.2) is 36.8 Å². The van der Waals surface area contributed by atoms with Gasteiger partial charge in [-0.3, -0.25) is 5.10 Å². The molecule has 5 nitrogen and oxygen atoms in total. The van der Waals surface area contributed by atoms with Crippen LogP contribution in [0.2, 0.25) is 0 Å². The Hall–Kier alpha value is -2.43. The van der Waals surface area contributed by atoms with E-state index in [1.165, 1.54) is 0 Å². The summed E-state index contributed by atoms with van der Waals surface area (Å²) < 4.78 is 5.04. The van der Waals surface area contributed by atoms with Gasteiger partial charge in [-0.05, 0) is 17.7 Å². The maximum Gasteiger partial charge on any atom is 0.212 e. The number of aromatic nitrogens is 4. The molecule has 0 saturated heterocycles. The fraction of sp³-hybridized carbons (Fsp3) is 0.0833. The van der Waals surface area contributed by atoms with Crippen LogP contribution < -0.4 is 4.74 Å². The van der Waals surface area contributed by atoms with Crippen LogP contribution in [0.1, 0.15) is 0 Å². The average molecular weight is 226 g/mol. The van der Waals surface area contributed by atoms with Gasteiger partial charge >= 0.3 is 0 Å². The topological polar surface area (TPSA) is 63.7 Å². The molecule has 0 radical (unpaired) electrons. The zero-order valence-electron chi connectivity index (χ0n) is 9.21. The number of aromatic amines is 1. The highest BCUT2D eigenvalue weighted by molar-refractivity contribution is 5.91. The van der Waals surface area contributed by atoms with Crippen LogP contribution in [0.25, 0.3) is 22.2 Å². The van der Waals surface area contributed by atoms with E-state index in [1.807, 2.05) is 18.2 Å². The molecule has 3 heterocycles. The van der Waals surface area contributed by atoms with Crippen LogP contribution in [0.5, 0.6) is 5.88 Å². The second kappa shape index (κ2) is 3.86. The number of nitrogens with zero attached hydrogens (tertiary/aromatic N) is 3. The third-order valence-electron chi connectivity index (χ3n) is 2.61. The Morgan fingerprint density at radius 2 is 2.06 bits per heavy atom. The van der Waals surface area contributed by atoms with Gasteiger partial charge in [0.1, 0.15) is 0 Å². The van der Waals surface area contributed by atoms with E-state index in [0.717, 1.165) is 22.2 Å². The molecule has 3 rings (SSSR count).